The van der Waals surface area contributed by atoms with Crippen LogP contribution in [-0.2, 0) is 6.54 Å². The Morgan fingerprint density at radius 2 is 1.75 bits per heavy atom. The van der Waals surface area contributed by atoms with Gasteiger partial charge in [-0.2, -0.15) is 0 Å². The van der Waals surface area contributed by atoms with Crippen molar-refractivity contribution in [1.82, 2.24) is 10.3 Å². The van der Waals surface area contributed by atoms with Gasteiger partial charge in [0.05, 0.1) is 20.4 Å². The molecule has 5 nitrogen and oxygen atoms in total. The third kappa shape index (κ3) is 3.00. The zero-order chi connectivity index (χ0) is 14.4. The maximum absolute atomic E-state index is 5.95. The molecule has 1 N–H and O–H groups in total. The maximum Gasteiger partial charge on any atom is 0.211 e. The van der Waals surface area contributed by atoms with E-state index in [0.717, 1.165) is 5.56 Å². The number of hydrogen-bond acceptors (Lipinski definition) is 5. The maximum atomic E-state index is 5.95. The summed E-state index contributed by atoms with van der Waals surface area (Å²) in [5.41, 5.74) is 1.01. The molecule has 106 valence electrons. The minimum atomic E-state index is 0.544. The molecule has 0 radical (unpaired) electrons. The van der Waals surface area contributed by atoms with Crippen LogP contribution in [0.25, 0.3) is 0 Å². The highest BCUT2D eigenvalue weighted by Crippen LogP contribution is 2.40. The molecule has 0 aliphatic heterocycles. The SMILES string of the molecule is CNCc1ccncc1Oc1c(OC)cccc1OC. The van der Waals surface area contributed by atoms with Crippen LogP contribution >= 0.6 is 0 Å². The van der Waals surface area contributed by atoms with Crippen LogP contribution in [0.1, 0.15) is 5.56 Å². The van der Waals surface area contributed by atoms with Gasteiger partial charge in [0.1, 0.15) is 0 Å². The standard InChI is InChI=1S/C15H18N2O3/c1-16-9-11-7-8-17-10-14(11)20-15-12(18-2)5-4-6-13(15)19-3/h4-8,10,16H,9H2,1-3H3. The average molecular weight is 274 g/mol. The summed E-state index contributed by atoms with van der Waals surface area (Å²) in [6.07, 6.45) is 3.41. The Bertz CT molecular complexity index is 551. The first-order chi connectivity index (χ1) is 9.80. The van der Waals surface area contributed by atoms with E-state index in [2.05, 4.69) is 10.3 Å². The Morgan fingerprint density at radius 1 is 1.05 bits per heavy atom. The Balaban J connectivity index is 2.39. The normalized spacial score (nSPS) is 10.2. The third-order valence-corrected chi connectivity index (χ3v) is 2.83. The molecule has 0 fully saturated rings. The van der Waals surface area contributed by atoms with Crippen LogP contribution < -0.4 is 19.5 Å². The molecule has 0 bridgehead atoms. The van der Waals surface area contributed by atoms with E-state index in [9.17, 15) is 0 Å². The van der Waals surface area contributed by atoms with Crippen LogP contribution in [0, 0.1) is 0 Å². The number of methoxy groups -OCH3 is 2. The summed E-state index contributed by atoms with van der Waals surface area (Å²) in [4.78, 5) is 4.10. The van der Waals surface area contributed by atoms with Gasteiger partial charge in [-0.1, -0.05) is 6.07 Å². The van der Waals surface area contributed by atoms with Gasteiger partial charge >= 0.3 is 0 Å². The predicted molar refractivity (Wildman–Crippen MR) is 76.6 cm³/mol. The molecule has 0 spiro atoms. The number of benzene rings is 1. The lowest BCUT2D eigenvalue weighted by Gasteiger charge is -2.15. The fourth-order valence-corrected chi connectivity index (χ4v) is 1.86. The van der Waals surface area contributed by atoms with Crippen LogP contribution in [-0.4, -0.2) is 26.3 Å². The van der Waals surface area contributed by atoms with Crippen LogP contribution in [0.5, 0.6) is 23.0 Å². The average Bonchev–Trinajstić information content (AvgIpc) is 2.49. The highest BCUT2D eigenvalue weighted by molar-refractivity contribution is 5.53. The van der Waals surface area contributed by atoms with Gasteiger partial charge in [0.25, 0.3) is 0 Å². The second kappa shape index (κ2) is 6.77. The largest absolute Gasteiger partial charge is 0.493 e. The van der Waals surface area contributed by atoms with Crippen LogP contribution in [0.3, 0.4) is 0 Å². The molecule has 0 unspecified atom stereocenters. The van der Waals surface area contributed by atoms with Crippen LogP contribution in [0.2, 0.25) is 0 Å². The summed E-state index contributed by atoms with van der Waals surface area (Å²) < 4.78 is 16.6. The molecule has 0 aliphatic carbocycles. The van der Waals surface area contributed by atoms with Gasteiger partial charge in [0.15, 0.2) is 17.2 Å². The quantitative estimate of drug-likeness (QED) is 0.877. The molecule has 0 amide bonds. The van der Waals surface area contributed by atoms with Crippen LogP contribution in [0.15, 0.2) is 36.7 Å². The van der Waals surface area contributed by atoms with E-state index in [1.807, 2.05) is 31.3 Å². The van der Waals surface area contributed by atoms with Crippen molar-refractivity contribution < 1.29 is 14.2 Å². The van der Waals surface area contributed by atoms with Crippen molar-refractivity contribution in [3.05, 3.63) is 42.2 Å². The minimum absolute atomic E-state index is 0.544. The smallest absolute Gasteiger partial charge is 0.211 e. The summed E-state index contributed by atoms with van der Waals surface area (Å²) in [7, 11) is 5.08. The summed E-state index contributed by atoms with van der Waals surface area (Å²) in [6, 6.07) is 7.41. The van der Waals surface area contributed by atoms with Gasteiger partial charge in [-0.05, 0) is 25.2 Å². The molecule has 1 aromatic carbocycles. The molecular weight excluding hydrogens is 256 g/mol. The molecule has 0 aliphatic rings. The van der Waals surface area contributed by atoms with E-state index >= 15 is 0 Å². The van der Waals surface area contributed by atoms with E-state index in [-0.39, 0.29) is 0 Å². The molecule has 0 saturated carbocycles. The molecule has 1 heterocycles. The van der Waals surface area contributed by atoms with E-state index in [1.165, 1.54) is 0 Å². The molecule has 2 aromatic rings. The van der Waals surface area contributed by atoms with Crippen molar-refractivity contribution >= 4 is 0 Å². The lowest BCUT2D eigenvalue weighted by atomic mass is 10.2. The van der Waals surface area contributed by atoms with Crippen molar-refractivity contribution in [2.24, 2.45) is 0 Å². The molecule has 0 atom stereocenters. The van der Waals surface area contributed by atoms with E-state index in [1.54, 1.807) is 26.6 Å². The lowest BCUT2D eigenvalue weighted by Crippen LogP contribution is -2.07. The highest BCUT2D eigenvalue weighted by Gasteiger charge is 2.14. The monoisotopic (exact) mass is 274 g/mol. The van der Waals surface area contributed by atoms with Gasteiger partial charge in [-0.3, -0.25) is 4.98 Å². The lowest BCUT2D eigenvalue weighted by molar-refractivity contribution is 0.344. The number of pyridine rings is 1. The first-order valence-corrected chi connectivity index (χ1v) is 6.26. The van der Waals surface area contributed by atoms with Gasteiger partial charge in [-0.15, -0.1) is 0 Å². The van der Waals surface area contributed by atoms with Gasteiger partial charge < -0.3 is 19.5 Å². The van der Waals surface area contributed by atoms with Crippen molar-refractivity contribution in [3.8, 4) is 23.0 Å². The first-order valence-electron chi connectivity index (χ1n) is 6.26. The number of nitrogens with one attached hydrogen (secondary N) is 1. The molecule has 20 heavy (non-hydrogen) atoms. The van der Waals surface area contributed by atoms with E-state index < -0.39 is 0 Å². The zero-order valence-corrected chi connectivity index (χ0v) is 11.8. The van der Waals surface area contributed by atoms with Gasteiger partial charge in [0, 0.05) is 18.3 Å². The van der Waals surface area contributed by atoms with Crippen LogP contribution in [0.4, 0.5) is 0 Å². The van der Waals surface area contributed by atoms with Gasteiger partial charge in [-0.25, -0.2) is 0 Å². The topological polar surface area (TPSA) is 52.6 Å². The summed E-state index contributed by atoms with van der Waals surface area (Å²) in [5, 5.41) is 3.10. The summed E-state index contributed by atoms with van der Waals surface area (Å²) >= 11 is 0. The summed E-state index contributed by atoms with van der Waals surface area (Å²) in [5.74, 6) is 2.44. The zero-order valence-electron chi connectivity index (χ0n) is 11.8. The summed E-state index contributed by atoms with van der Waals surface area (Å²) in [6.45, 7) is 0.690. The van der Waals surface area contributed by atoms with Crippen molar-refractivity contribution in [2.45, 2.75) is 6.54 Å². The number of rotatable bonds is 6. The number of para-hydroxylation sites is 1. The van der Waals surface area contributed by atoms with E-state index in [4.69, 9.17) is 14.2 Å². The Morgan fingerprint density at radius 3 is 2.35 bits per heavy atom. The second-order valence-electron chi connectivity index (χ2n) is 4.11. The highest BCUT2D eigenvalue weighted by atomic mass is 16.5. The number of ether oxygens (including phenoxy) is 3. The molecule has 5 heteroatoms. The third-order valence-electron chi connectivity index (χ3n) is 2.83. The predicted octanol–water partition coefficient (Wildman–Crippen LogP) is 2.61. The Hall–Kier alpha value is -2.27. The van der Waals surface area contributed by atoms with E-state index in [0.29, 0.717) is 29.5 Å². The Labute approximate surface area is 118 Å². The number of aromatic nitrogens is 1. The second-order valence-corrected chi connectivity index (χ2v) is 4.11. The molecular formula is C15H18N2O3. The number of nitrogens with zero attached hydrogens (tertiary/aromatic N) is 1. The first kappa shape index (κ1) is 14.1. The molecule has 1 aromatic heterocycles. The van der Waals surface area contributed by atoms with Gasteiger partial charge in [0.2, 0.25) is 5.75 Å². The Kier molecular flexibility index (Phi) is 4.79. The van der Waals surface area contributed by atoms with Crippen molar-refractivity contribution in [3.63, 3.8) is 0 Å². The number of hydrogen-bond donors (Lipinski definition) is 1. The van der Waals surface area contributed by atoms with Crippen molar-refractivity contribution in [2.75, 3.05) is 21.3 Å². The fourth-order valence-electron chi connectivity index (χ4n) is 1.86. The fraction of sp³-hybridized carbons (Fsp3) is 0.267. The molecule has 2 rings (SSSR count). The van der Waals surface area contributed by atoms with Crippen molar-refractivity contribution in [1.29, 1.82) is 0 Å². The molecule has 0 saturated heterocycles. The minimum Gasteiger partial charge on any atom is -0.493 e.